The highest BCUT2D eigenvalue weighted by Gasteiger charge is 2.18. The van der Waals surface area contributed by atoms with Crippen molar-refractivity contribution in [3.8, 4) is 23.3 Å². The fourth-order valence-corrected chi connectivity index (χ4v) is 2.79. The van der Waals surface area contributed by atoms with E-state index in [4.69, 9.17) is 25.8 Å². The standard InChI is InChI=1S/C20H17ClN2O4/c1-12-8-16(18(25-2)10-15(12)21)23-20(24)14(11-22)9-13-4-3-5-17-19(13)27-7-6-26-17/h3-5,8-10H,6-7H2,1-2H3,(H,23,24). The Balaban J connectivity index is 1.91. The Morgan fingerprint density at radius 2 is 2.11 bits per heavy atom. The Morgan fingerprint density at radius 3 is 2.85 bits per heavy atom. The largest absolute Gasteiger partial charge is 0.495 e. The summed E-state index contributed by atoms with van der Waals surface area (Å²) in [4.78, 5) is 12.6. The van der Waals surface area contributed by atoms with Crippen LogP contribution in [0.2, 0.25) is 5.02 Å². The number of hydrogen-bond donors (Lipinski definition) is 1. The average molecular weight is 385 g/mol. The smallest absolute Gasteiger partial charge is 0.266 e. The number of anilines is 1. The van der Waals surface area contributed by atoms with E-state index in [1.807, 2.05) is 13.0 Å². The summed E-state index contributed by atoms with van der Waals surface area (Å²) in [7, 11) is 1.48. The van der Waals surface area contributed by atoms with E-state index in [0.29, 0.717) is 46.7 Å². The minimum absolute atomic E-state index is 0.0766. The average Bonchev–Trinajstić information content (AvgIpc) is 2.68. The van der Waals surface area contributed by atoms with E-state index in [0.717, 1.165) is 5.56 Å². The molecule has 0 saturated heterocycles. The van der Waals surface area contributed by atoms with Gasteiger partial charge in [-0.3, -0.25) is 4.79 Å². The maximum absolute atomic E-state index is 12.6. The molecule has 0 aromatic heterocycles. The molecule has 6 nitrogen and oxygen atoms in total. The van der Waals surface area contributed by atoms with E-state index in [1.165, 1.54) is 13.2 Å². The number of carbonyl (C=O) groups excluding carboxylic acids is 1. The van der Waals surface area contributed by atoms with Crippen LogP contribution in [0.4, 0.5) is 5.69 Å². The van der Waals surface area contributed by atoms with Crippen molar-refractivity contribution in [3.05, 3.63) is 52.1 Å². The number of para-hydroxylation sites is 1. The van der Waals surface area contributed by atoms with Crippen LogP contribution in [0.3, 0.4) is 0 Å². The quantitative estimate of drug-likeness (QED) is 0.637. The molecule has 0 saturated carbocycles. The van der Waals surface area contributed by atoms with E-state index in [2.05, 4.69) is 5.32 Å². The van der Waals surface area contributed by atoms with Gasteiger partial charge in [0.05, 0.1) is 12.8 Å². The van der Waals surface area contributed by atoms with Crippen molar-refractivity contribution in [2.24, 2.45) is 0 Å². The number of nitrogens with zero attached hydrogens (tertiary/aromatic N) is 1. The van der Waals surface area contributed by atoms with Crippen LogP contribution >= 0.6 is 11.6 Å². The molecule has 27 heavy (non-hydrogen) atoms. The van der Waals surface area contributed by atoms with Crippen molar-refractivity contribution in [1.29, 1.82) is 5.26 Å². The Morgan fingerprint density at radius 1 is 1.33 bits per heavy atom. The van der Waals surface area contributed by atoms with Gasteiger partial charge in [0.1, 0.15) is 30.6 Å². The van der Waals surface area contributed by atoms with Gasteiger partial charge in [0.25, 0.3) is 5.91 Å². The van der Waals surface area contributed by atoms with E-state index in [-0.39, 0.29) is 5.57 Å². The van der Waals surface area contributed by atoms with Crippen molar-refractivity contribution in [1.82, 2.24) is 0 Å². The number of hydrogen-bond acceptors (Lipinski definition) is 5. The summed E-state index contributed by atoms with van der Waals surface area (Å²) in [6, 6.07) is 10.5. The van der Waals surface area contributed by atoms with Gasteiger partial charge in [-0.15, -0.1) is 0 Å². The summed E-state index contributed by atoms with van der Waals surface area (Å²) in [5, 5.41) is 12.7. The molecule has 0 radical (unpaired) electrons. The Kier molecular flexibility index (Phi) is 5.53. The first kappa shape index (κ1) is 18.6. The summed E-state index contributed by atoms with van der Waals surface area (Å²) in [6.45, 7) is 2.68. The predicted molar refractivity (Wildman–Crippen MR) is 102 cm³/mol. The van der Waals surface area contributed by atoms with Crippen LogP contribution in [0.25, 0.3) is 6.08 Å². The Bertz CT molecular complexity index is 963. The van der Waals surface area contributed by atoms with Crippen LogP contribution < -0.4 is 19.5 Å². The van der Waals surface area contributed by atoms with Crippen molar-refractivity contribution in [3.63, 3.8) is 0 Å². The number of carbonyl (C=O) groups is 1. The molecule has 1 heterocycles. The number of nitriles is 1. The number of fused-ring (bicyclic) bond motifs is 1. The van der Waals surface area contributed by atoms with Crippen LogP contribution in [0.5, 0.6) is 17.2 Å². The third kappa shape index (κ3) is 3.99. The zero-order valence-corrected chi connectivity index (χ0v) is 15.6. The second-order valence-corrected chi connectivity index (χ2v) is 6.20. The van der Waals surface area contributed by atoms with Gasteiger partial charge in [-0.2, -0.15) is 5.26 Å². The zero-order valence-electron chi connectivity index (χ0n) is 14.8. The second-order valence-electron chi connectivity index (χ2n) is 5.80. The molecule has 138 valence electrons. The lowest BCUT2D eigenvalue weighted by Gasteiger charge is -2.20. The minimum atomic E-state index is -0.563. The highest BCUT2D eigenvalue weighted by molar-refractivity contribution is 6.31. The molecule has 0 aliphatic carbocycles. The highest BCUT2D eigenvalue weighted by Crippen LogP contribution is 2.35. The van der Waals surface area contributed by atoms with Crippen molar-refractivity contribution in [2.75, 3.05) is 25.6 Å². The van der Waals surface area contributed by atoms with Gasteiger partial charge in [0, 0.05) is 16.7 Å². The molecule has 1 N–H and O–H groups in total. The molecule has 0 bridgehead atoms. The predicted octanol–water partition coefficient (Wildman–Crippen LogP) is 3.97. The number of halogens is 1. The zero-order chi connectivity index (χ0) is 19.4. The van der Waals surface area contributed by atoms with Crippen LogP contribution in [0.1, 0.15) is 11.1 Å². The Labute approximate surface area is 161 Å². The second kappa shape index (κ2) is 8.02. The lowest BCUT2D eigenvalue weighted by Crippen LogP contribution is -2.17. The van der Waals surface area contributed by atoms with Gasteiger partial charge in [-0.05, 0) is 30.7 Å². The molecule has 3 rings (SSSR count). The molecule has 1 aliphatic heterocycles. The molecular weight excluding hydrogens is 368 g/mol. The van der Waals surface area contributed by atoms with Gasteiger partial charge < -0.3 is 19.5 Å². The third-order valence-corrected chi connectivity index (χ3v) is 4.40. The first-order valence-electron chi connectivity index (χ1n) is 8.19. The van der Waals surface area contributed by atoms with E-state index < -0.39 is 5.91 Å². The van der Waals surface area contributed by atoms with Gasteiger partial charge in [0.15, 0.2) is 11.5 Å². The molecule has 7 heteroatoms. The van der Waals surface area contributed by atoms with Crippen LogP contribution in [0, 0.1) is 18.3 Å². The summed E-state index contributed by atoms with van der Waals surface area (Å²) >= 11 is 6.08. The summed E-state index contributed by atoms with van der Waals surface area (Å²) in [6.07, 6.45) is 1.47. The number of nitrogens with one attached hydrogen (secondary N) is 1. The third-order valence-electron chi connectivity index (χ3n) is 3.99. The van der Waals surface area contributed by atoms with Crippen molar-refractivity contribution >= 4 is 29.3 Å². The minimum Gasteiger partial charge on any atom is -0.495 e. The summed E-state index contributed by atoms with van der Waals surface area (Å²) < 4.78 is 16.4. The van der Waals surface area contributed by atoms with Crippen LogP contribution in [-0.4, -0.2) is 26.2 Å². The van der Waals surface area contributed by atoms with Crippen molar-refractivity contribution < 1.29 is 19.0 Å². The Hall–Kier alpha value is -3.17. The lowest BCUT2D eigenvalue weighted by molar-refractivity contribution is -0.112. The fraction of sp³-hybridized carbons (Fsp3) is 0.200. The van der Waals surface area contributed by atoms with Gasteiger partial charge in [-0.25, -0.2) is 0 Å². The van der Waals surface area contributed by atoms with E-state index in [1.54, 1.807) is 30.3 Å². The molecule has 0 unspecified atom stereocenters. The SMILES string of the molecule is COc1cc(Cl)c(C)cc1NC(=O)C(C#N)=Cc1cccc2c1OCCO2. The van der Waals surface area contributed by atoms with E-state index in [9.17, 15) is 10.1 Å². The van der Waals surface area contributed by atoms with Gasteiger partial charge >= 0.3 is 0 Å². The molecule has 2 aromatic rings. The molecule has 0 atom stereocenters. The van der Waals surface area contributed by atoms with Crippen LogP contribution in [0.15, 0.2) is 35.9 Å². The first-order valence-corrected chi connectivity index (χ1v) is 8.57. The number of ether oxygens (including phenoxy) is 3. The summed E-state index contributed by atoms with van der Waals surface area (Å²) in [5.74, 6) is 0.948. The number of amides is 1. The maximum atomic E-state index is 12.6. The normalized spacial score (nSPS) is 12.9. The van der Waals surface area contributed by atoms with Gasteiger partial charge in [0.2, 0.25) is 0 Å². The molecule has 1 amide bonds. The van der Waals surface area contributed by atoms with Gasteiger partial charge in [-0.1, -0.05) is 23.7 Å². The number of rotatable bonds is 4. The molecule has 0 spiro atoms. The number of methoxy groups -OCH3 is 1. The number of aryl methyl sites for hydroxylation is 1. The molecule has 1 aliphatic rings. The monoisotopic (exact) mass is 384 g/mol. The van der Waals surface area contributed by atoms with E-state index >= 15 is 0 Å². The molecule has 0 fully saturated rings. The topological polar surface area (TPSA) is 80.6 Å². The first-order chi connectivity index (χ1) is 13.0. The fourth-order valence-electron chi connectivity index (χ4n) is 2.63. The van der Waals surface area contributed by atoms with Crippen LogP contribution in [-0.2, 0) is 4.79 Å². The lowest BCUT2D eigenvalue weighted by atomic mass is 10.1. The summed E-state index contributed by atoms with van der Waals surface area (Å²) in [5.41, 5.74) is 1.73. The highest BCUT2D eigenvalue weighted by atomic mass is 35.5. The molecule has 2 aromatic carbocycles. The maximum Gasteiger partial charge on any atom is 0.266 e. The van der Waals surface area contributed by atoms with Crippen molar-refractivity contribution in [2.45, 2.75) is 6.92 Å². The number of benzene rings is 2. The molecular formula is C20H17ClN2O4.